The molecule has 3 nitrogen and oxygen atoms in total. The van der Waals surface area contributed by atoms with E-state index in [0.29, 0.717) is 18.1 Å². The van der Waals surface area contributed by atoms with Crippen molar-refractivity contribution in [3.63, 3.8) is 0 Å². The largest absolute Gasteiger partial charge is 0.493 e. The summed E-state index contributed by atoms with van der Waals surface area (Å²) in [5.74, 6) is 2.15. The second-order valence-corrected chi connectivity index (χ2v) is 4.22. The molecule has 0 aliphatic rings. The van der Waals surface area contributed by atoms with E-state index in [0.717, 1.165) is 11.3 Å². The monoisotopic (exact) mass is 258 g/mol. The summed E-state index contributed by atoms with van der Waals surface area (Å²) in [6.45, 7) is 4.20. The molecule has 1 unspecified atom stereocenters. The number of hydrogen-bond donors (Lipinski definition) is 1. The summed E-state index contributed by atoms with van der Waals surface area (Å²) in [6.07, 6.45) is -0.596. The summed E-state index contributed by atoms with van der Waals surface area (Å²) in [5, 5.41) is 9.79. The number of aliphatic hydroxyl groups is 1. The molecule has 0 aliphatic carbocycles. The quantitative estimate of drug-likeness (QED) is 0.883. The molecule has 0 aromatic heterocycles. The van der Waals surface area contributed by atoms with Crippen LogP contribution in [0.1, 0.15) is 25.5 Å². The van der Waals surface area contributed by atoms with Gasteiger partial charge >= 0.3 is 0 Å². The van der Waals surface area contributed by atoms with E-state index in [2.05, 4.69) is 0 Å². The Balaban J connectivity index is 2.25. The second-order valence-electron chi connectivity index (χ2n) is 4.22. The lowest BCUT2D eigenvalue weighted by molar-refractivity contribution is 0.191. The molecule has 0 fully saturated rings. The van der Waals surface area contributed by atoms with Gasteiger partial charge in [-0.25, -0.2) is 0 Å². The van der Waals surface area contributed by atoms with E-state index < -0.39 is 6.10 Å². The van der Waals surface area contributed by atoms with E-state index in [1.165, 1.54) is 0 Å². The zero-order chi connectivity index (χ0) is 13.7. The van der Waals surface area contributed by atoms with Gasteiger partial charge in [0.05, 0.1) is 12.7 Å². The van der Waals surface area contributed by atoms with Gasteiger partial charge in [-0.15, -0.1) is 0 Å². The summed E-state index contributed by atoms with van der Waals surface area (Å²) >= 11 is 0. The van der Waals surface area contributed by atoms with Crippen LogP contribution in [0.3, 0.4) is 0 Å². The molecule has 2 rings (SSSR count). The fourth-order valence-electron chi connectivity index (χ4n) is 1.83. The van der Waals surface area contributed by atoms with E-state index in [4.69, 9.17) is 9.47 Å². The highest BCUT2D eigenvalue weighted by molar-refractivity contribution is 5.43. The molecule has 0 heterocycles. The van der Waals surface area contributed by atoms with Gasteiger partial charge in [-0.2, -0.15) is 0 Å². The van der Waals surface area contributed by atoms with Crippen molar-refractivity contribution in [2.24, 2.45) is 0 Å². The fraction of sp³-hybridized carbons (Fsp3) is 0.250. The number of para-hydroxylation sites is 1. The van der Waals surface area contributed by atoms with E-state index in [-0.39, 0.29) is 0 Å². The molecule has 0 amide bonds. The van der Waals surface area contributed by atoms with Crippen molar-refractivity contribution in [3.8, 4) is 17.2 Å². The first-order valence-corrected chi connectivity index (χ1v) is 6.38. The smallest absolute Gasteiger partial charge is 0.128 e. The third kappa shape index (κ3) is 3.48. The Morgan fingerprint density at radius 1 is 1.05 bits per heavy atom. The van der Waals surface area contributed by atoms with Crippen molar-refractivity contribution in [1.82, 2.24) is 0 Å². The average molecular weight is 258 g/mol. The van der Waals surface area contributed by atoms with Crippen molar-refractivity contribution in [3.05, 3.63) is 54.1 Å². The molecular formula is C16H18O3. The lowest BCUT2D eigenvalue weighted by Crippen LogP contribution is -2.00. The summed E-state index contributed by atoms with van der Waals surface area (Å²) in [6, 6.07) is 15.0. The second kappa shape index (κ2) is 6.25. The third-order valence-corrected chi connectivity index (χ3v) is 2.71. The first-order valence-electron chi connectivity index (χ1n) is 6.38. The standard InChI is InChI=1S/C16H18O3/c1-3-18-16-10-9-14(11-15(16)12(2)17)19-13-7-5-4-6-8-13/h4-12,17H,3H2,1-2H3. The first kappa shape index (κ1) is 13.4. The molecule has 0 aliphatic heterocycles. The van der Waals surface area contributed by atoms with Gasteiger partial charge in [-0.3, -0.25) is 0 Å². The van der Waals surface area contributed by atoms with Crippen LogP contribution in [0.2, 0.25) is 0 Å². The predicted molar refractivity (Wildman–Crippen MR) is 74.8 cm³/mol. The first-order chi connectivity index (χ1) is 9.20. The topological polar surface area (TPSA) is 38.7 Å². The van der Waals surface area contributed by atoms with E-state index >= 15 is 0 Å². The summed E-state index contributed by atoms with van der Waals surface area (Å²) in [7, 11) is 0. The highest BCUT2D eigenvalue weighted by Crippen LogP contribution is 2.31. The third-order valence-electron chi connectivity index (χ3n) is 2.71. The fourth-order valence-corrected chi connectivity index (χ4v) is 1.83. The molecule has 0 saturated heterocycles. The molecule has 0 radical (unpaired) electrons. The number of rotatable bonds is 5. The lowest BCUT2D eigenvalue weighted by atomic mass is 10.1. The van der Waals surface area contributed by atoms with Gasteiger partial charge in [0.25, 0.3) is 0 Å². The molecule has 2 aromatic rings. The Hall–Kier alpha value is -2.00. The van der Waals surface area contributed by atoms with Crippen LogP contribution in [-0.2, 0) is 0 Å². The minimum absolute atomic E-state index is 0.568. The lowest BCUT2D eigenvalue weighted by Gasteiger charge is -2.14. The van der Waals surface area contributed by atoms with Crippen molar-refractivity contribution in [2.45, 2.75) is 20.0 Å². The molecule has 0 bridgehead atoms. The number of ether oxygens (including phenoxy) is 2. The van der Waals surface area contributed by atoms with Crippen LogP contribution in [0, 0.1) is 0 Å². The predicted octanol–water partition coefficient (Wildman–Crippen LogP) is 3.93. The maximum absolute atomic E-state index is 9.79. The van der Waals surface area contributed by atoms with Crippen molar-refractivity contribution >= 4 is 0 Å². The molecule has 2 aromatic carbocycles. The Morgan fingerprint density at radius 2 is 1.79 bits per heavy atom. The Bertz CT molecular complexity index is 521. The Kier molecular flexibility index (Phi) is 4.42. The number of hydrogen-bond acceptors (Lipinski definition) is 3. The SMILES string of the molecule is CCOc1ccc(Oc2ccccc2)cc1C(C)O. The average Bonchev–Trinajstić information content (AvgIpc) is 2.42. The highest BCUT2D eigenvalue weighted by atomic mass is 16.5. The molecule has 1 atom stereocenters. The van der Waals surface area contributed by atoms with Gasteiger partial charge in [0.2, 0.25) is 0 Å². The highest BCUT2D eigenvalue weighted by Gasteiger charge is 2.11. The van der Waals surface area contributed by atoms with Gasteiger partial charge in [-0.05, 0) is 44.2 Å². The van der Waals surface area contributed by atoms with E-state index in [1.54, 1.807) is 6.92 Å². The van der Waals surface area contributed by atoms with E-state index in [9.17, 15) is 5.11 Å². The van der Waals surface area contributed by atoms with Gasteiger partial charge in [0, 0.05) is 5.56 Å². The van der Waals surface area contributed by atoms with Crippen LogP contribution in [0.25, 0.3) is 0 Å². The number of aliphatic hydroxyl groups excluding tert-OH is 1. The van der Waals surface area contributed by atoms with Crippen LogP contribution in [0.15, 0.2) is 48.5 Å². The van der Waals surface area contributed by atoms with Crippen molar-refractivity contribution in [2.75, 3.05) is 6.61 Å². The zero-order valence-corrected chi connectivity index (χ0v) is 11.2. The molecule has 0 spiro atoms. The minimum atomic E-state index is -0.596. The molecule has 0 saturated carbocycles. The van der Waals surface area contributed by atoms with Crippen molar-refractivity contribution in [1.29, 1.82) is 0 Å². The summed E-state index contributed by atoms with van der Waals surface area (Å²) in [5.41, 5.74) is 0.732. The Morgan fingerprint density at radius 3 is 2.42 bits per heavy atom. The van der Waals surface area contributed by atoms with Gasteiger partial charge in [0.1, 0.15) is 17.2 Å². The van der Waals surface area contributed by atoms with Crippen LogP contribution < -0.4 is 9.47 Å². The summed E-state index contributed by atoms with van der Waals surface area (Å²) < 4.78 is 11.2. The zero-order valence-electron chi connectivity index (χ0n) is 11.2. The van der Waals surface area contributed by atoms with Gasteiger partial charge in [0.15, 0.2) is 0 Å². The molecular weight excluding hydrogens is 240 g/mol. The molecule has 3 heteroatoms. The molecule has 19 heavy (non-hydrogen) atoms. The van der Waals surface area contributed by atoms with Gasteiger partial charge < -0.3 is 14.6 Å². The maximum Gasteiger partial charge on any atom is 0.128 e. The van der Waals surface area contributed by atoms with Crippen molar-refractivity contribution < 1.29 is 14.6 Å². The number of benzene rings is 2. The normalized spacial score (nSPS) is 11.9. The molecule has 1 N–H and O–H groups in total. The van der Waals surface area contributed by atoms with E-state index in [1.807, 2.05) is 55.5 Å². The maximum atomic E-state index is 9.79. The molecule has 100 valence electrons. The van der Waals surface area contributed by atoms with Gasteiger partial charge in [-0.1, -0.05) is 18.2 Å². The summed E-state index contributed by atoms with van der Waals surface area (Å²) in [4.78, 5) is 0. The van der Waals surface area contributed by atoms with Crippen LogP contribution in [-0.4, -0.2) is 11.7 Å². The Labute approximate surface area is 113 Å². The van der Waals surface area contributed by atoms with Crippen LogP contribution in [0.5, 0.6) is 17.2 Å². The van der Waals surface area contributed by atoms with Crippen LogP contribution in [0.4, 0.5) is 0 Å². The van der Waals surface area contributed by atoms with Crippen LogP contribution >= 0.6 is 0 Å². The minimum Gasteiger partial charge on any atom is -0.493 e.